The second-order valence-electron chi connectivity index (χ2n) is 9.04. The smallest absolute Gasteiger partial charge is 0.162 e. The van der Waals surface area contributed by atoms with Gasteiger partial charge in [0.15, 0.2) is 5.78 Å². The first kappa shape index (κ1) is 18.8. The number of rotatable bonds is 2. The molecular formula is C25H24FN3O. The number of carbonyl (C=O) groups excluding carboxylic acids is 1. The maximum Gasteiger partial charge on any atom is 0.162 e. The van der Waals surface area contributed by atoms with Crippen LogP contribution in [0.15, 0.2) is 65.9 Å². The number of nitrogens with zero attached hydrogens (tertiary/aromatic N) is 2. The summed E-state index contributed by atoms with van der Waals surface area (Å²) in [5.74, 6) is 0.617. The zero-order chi connectivity index (χ0) is 21.0. The molecule has 0 bridgehead atoms. The van der Waals surface area contributed by atoms with Crippen LogP contribution in [0.1, 0.15) is 49.4 Å². The number of aryl methyl sites for hydroxylation is 1. The number of anilines is 1. The van der Waals surface area contributed by atoms with Gasteiger partial charge in [-0.25, -0.2) is 9.07 Å². The SMILES string of the molecule is Cc1nn(-c2ccc(F)cc2)c2c1[C@@H](c1ccccc1)C1=C(CC(C)(C)CC1=O)N2. The summed E-state index contributed by atoms with van der Waals surface area (Å²) in [5.41, 5.74) is 5.47. The summed E-state index contributed by atoms with van der Waals surface area (Å²) in [4.78, 5) is 13.3. The molecule has 0 saturated carbocycles. The van der Waals surface area contributed by atoms with E-state index in [4.69, 9.17) is 5.10 Å². The van der Waals surface area contributed by atoms with Gasteiger partial charge in [-0.15, -0.1) is 0 Å². The van der Waals surface area contributed by atoms with Crippen molar-refractivity contribution in [3.8, 4) is 5.69 Å². The molecule has 2 aromatic carbocycles. The molecule has 5 heteroatoms. The molecule has 152 valence electrons. The molecule has 30 heavy (non-hydrogen) atoms. The number of Topliss-reactive ketones (excluding diaryl/α,β-unsaturated/α-hetero) is 1. The minimum Gasteiger partial charge on any atom is -0.343 e. The zero-order valence-corrected chi connectivity index (χ0v) is 17.4. The molecule has 0 fully saturated rings. The van der Waals surface area contributed by atoms with Crippen molar-refractivity contribution in [1.29, 1.82) is 0 Å². The Morgan fingerprint density at radius 1 is 1.07 bits per heavy atom. The first-order chi connectivity index (χ1) is 14.3. The van der Waals surface area contributed by atoms with Gasteiger partial charge in [0, 0.05) is 29.2 Å². The van der Waals surface area contributed by atoms with Crippen LogP contribution in [0.25, 0.3) is 5.69 Å². The molecule has 5 rings (SSSR count). The molecular weight excluding hydrogens is 377 g/mol. The third kappa shape index (κ3) is 2.96. The van der Waals surface area contributed by atoms with Crippen LogP contribution in [0, 0.1) is 18.2 Å². The Kier molecular flexibility index (Phi) is 4.17. The van der Waals surface area contributed by atoms with Gasteiger partial charge in [0.2, 0.25) is 0 Å². The number of aromatic nitrogens is 2. The van der Waals surface area contributed by atoms with Crippen molar-refractivity contribution in [2.45, 2.75) is 39.5 Å². The number of halogens is 1. The third-order valence-corrected chi connectivity index (χ3v) is 6.08. The summed E-state index contributed by atoms with van der Waals surface area (Å²) < 4.78 is 15.3. The highest BCUT2D eigenvalue weighted by molar-refractivity contribution is 6.01. The Labute approximate surface area is 175 Å². The average Bonchev–Trinajstić information content (AvgIpc) is 3.03. The van der Waals surface area contributed by atoms with E-state index in [9.17, 15) is 9.18 Å². The van der Waals surface area contributed by atoms with Gasteiger partial charge >= 0.3 is 0 Å². The molecule has 4 nitrogen and oxygen atoms in total. The van der Waals surface area contributed by atoms with Gasteiger partial charge in [-0.2, -0.15) is 5.10 Å². The molecule has 1 atom stereocenters. The summed E-state index contributed by atoms with van der Waals surface area (Å²) in [6.45, 7) is 6.23. The van der Waals surface area contributed by atoms with Crippen LogP contribution in [0.3, 0.4) is 0 Å². The van der Waals surface area contributed by atoms with Gasteiger partial charge in [-0.1, -0.05) is 44.2 Å². The molecule has 1 aliphatic heterocycles. The highest BCUT2D eigenvalue weighted by Gasteiger charge is 2.42. The van der Waals surface area contributed by atoms with E-state index in [1.807, 2.05) is 29.8 Å². The van der Waals surface area contributed by atoms with Gasteiger partial charge in [-0.3, -0.25) is 4.79 Å². The lowest BCUT2D eigenvalue weighted by molar-refractivity contribution is -0.118. The van der Waals surface area contributed by atoms with Crippen molar-refractivity contribution >= 4 is 11.6 Å². The van der Waals surface area contributed by atoms with Crippen LogP contribution in [0.2, 0.25) is 0 Å². The first-order valence-corrected chi connectivity index (χ1v) is 10.3. The summed E-state index contributed by atoms with van der Waals surface area (Å²) in [6, 6.07) is 16.5. The van der Waals surface area contributed by atoms with Crippen molar-refractivity contribution in [1.82, 2.24) is 9.78 Å². The Bertz CT molecular complexity index is 1170. The van der Waals surface area contributed by atoms with E-state index in [0.29, 0.717) is 6.42 Å². The molecule has 0 spiro atoms. The van der Waals surface area contributed by atoms with Crippen LogP contribution in [0.5, 0.6) is 0 Å². The number of carbonyl (C=O) groups is 1. The highest BCUT2D eigenvalue weighted by atomic mass is 19.1. The predicted molar refractivity (Wildman–Crippen MR) is 115 cm³/mol. The zero-order valence-electron chi connectivity index (χ0n) is 17.4. The Morgan fingerprint density at radius 3 is 2.47 bits per heavy atom. The van der Waals surface area contributed by atoms with E-state index in [1.54, 1.807) is 12.1 Å². The fourth-order valence-corrected chi connectivity index (χ4v) is 4.82. The first-order valence-electron chi connectivity index (χ1n) is 10.3. The molecule has 3 aromatic rings. The van der Waals surface area contributed by atoms with Gasteiger partial charge in [-0.05, 0) is 48.6 Å². The molecule has 0 radical (unpaired) electrons. The number of fused-ring (bicyclic) bond motifs is 1. The number of allylic oxidation sites excluding steroid dienone is 2. The Morgan fingerprint density at radius 2 is 1.77 bits per heavy atom. The molecule has 1 aromatic heterocycles. The Balaban J connectivity index is 1.75. The van der Waals surface area contributed by atoms with Crippen LogP contribution >= 0.6 is 0 Å². The van der Waals surface area contributed by atoms with E-state index >= 15 is 0 Å². The minimum atomic E-state index is -0.281. The van der Waals surface area contributed by atoms with Crippen molar-refractivity contribution in [2.24, 2.45) is 5.41 Å². The lowest BCUT2D eigenvalue weighted by atomic mass is 9.69. The summed E-state index contributed by atoms with van der Waals surface area (Å²) in [6.07, 6.45) is 1.34. The standard InChI is InChI=1S/C25H24FN3O/c1-15-21-22(16-7-5-4-6-8-16)23-19(13-25(2,3)14-20(23)30)27-24(21)29(28-15)18-11-9-17(26)10-12-18/h4-12,22,27H,13-14H2,1-3H3/t22-/m1/s1. The second-order valence-corrected chi connectivity index (χ2v) is 9.04. The molecule has 1 aliphatic carbocycles. The molecule has 0 saturated heterocycles. The van der Waals surface area contributed by atoms with Gasteiger partial charge in [0.1, 0.15) is 11.6 Å². The maximum atomic E-state index is 13.5. The van der Waals surface area contributed by atoms with E-state index < -0.39 is 0 Å². The van der Waals surface area contributed by atoms with E-state index in [2.05, 4.69) is 31.3 Å². The number of ketones is 1. The quantitative estimate of drug-likeness (QED) is 0.615. The number of nitrogens with one attached hydrogen (secondary N) is 1. The largest absolute Gasteiger partial charge is 0.343 e. The second kappa shape index (κ2) is 6.66. The number of hydrogen-bond acceptors (Lipinski definition) is 3. The molecule has 2 aliphatic rings. The minimum absolute atomic E-state index is 0.0998. The van der Waals surface area contributed by atoms with Gasteiger partial charge in [0.05, 0.1) is 11.4 Å². The molecule has 0 unspecified atom stereocenters. The fraction of sp³-hybridized carbons (Fsp3) is 0.280. The van der Waals surface area contributed by atoms with Crippen molar-refractivity contribution in [2.75, 3.05) is 5.32 Å². The lowest BCUT2D eigenvalue weighted by Gasteiger charge is -2.38. The van der Waals surface area contributed by atoms with Crippen molar-refractivity contribution in [3.05, 3.63) is 88.5 Å². The normalized spacial score (nSPS) is 19.9. The Hall–Kier alpha value is -3.21. The third-order valence-electron chi connectivity index (χ3n) is 6.08. The highest BCUT2D eigenvalue weighted by Crippen LogP contribution is 2.50. The lowest BCUT2D eigenvalue weighted by Crippen LogP contribution is -2.34. The van der Waals surface area contributed by atoms with Crippen molar-refractivity contribution < 1.29 is 9.18 Å². The van der Waals surface area contributed by atoms with Gasteiger partial charge < -0.3 is 5.32 Å². The average molecular weight is 401 g/mol. The van der Waals surface area contributed by atoms with Crippen molar-refractivity contribution in [3.63, 3.8) is 0 Å². The van der Waals surface area contributed by atoms with Gasteiger partial charge in [0.25, 0.3) is 0 Å². The van der Waals surface area contributed by atoms with E-state index in [0.717, 1.165) is 46.0 Å². The van der Waals surface area contributed by atoms with Crippen LogP contribution < -0.4 is 5.32 Å². The van der Waals surface area contributed by atoms with E-state index in [1.165, 1.54) is 12.1 Å². The van der Waals surface area contributed by atoms with Crippen LogP contribution in [-0.4, -0.2) is 15.6 Å². The topological polar surface area (TPSA) is 46.9 Å². The molecule has 2 heterocycles. The molecule has 1 N–H and O–H groups in total. The van der Waals surface area contributed by atoms with E-state index in [-0.39, 0.29) is 22.9 Å². The summed E-state index contributed by atoms with van der Waals surface area (Å²) in [7, 11) is 0. The number of benzene rings is 2. The maximum absolute atomic E-state index is 13.5. The number of hydrogen-bond donors (Lipinski definition) is 1. The summed E-state index contributed by atoms with van der Waals surface area (Å²) in [5, 5.41) is 8.33. The fourth-order valence-electron chi connectivity index (χ4n) is 4.82. The predicted octanol–water partition coefficient (Wildman–Crippen LogP) is 5.52. The van der Waals surface area contributed by atoms with Crippen LogP contribution in [-0.2, 0) is 4.79 Å². The summed E-state index contributed by atoms with van der Waals surface area (Å²) >= 11 is 0. The monoisotopic (exact) mass is 401 g/mol. The van der Waals surface area contributed by atoms with Crippen LogP contribution in [0.4, 0.5) is 10.2 Å². The molecule has 0 amide bonds.